The fourth-order valence-corrected chi connectivity index (χ4v) is 6.73. The van der Waals surface area contributed by atoms with Crippen LogP contribution in [0, 0.1) is 6.92 Å². The van der Waals surface area contributed by atoms with E-state index in [0.29, 0.717) is 10.7 Å². The molecular weight excluding hydrogens is 662 g/mol. The Morgan fingerprint density at radius 2 is 1.50 bits per heavy atom. The molecule has 0 saturated carbocycles. The maximum Gasteiger partial charge on any atom is 0.264 e. The van der Waals surface area contributed by atoms with Crippen molar-refractivity contribution in [2.75, 3.05) is 10.8 Å². The van der Waals surface area contributed by atoms with Crippen molar-refractivity contribution in [3.63, 3.8) is 0 Å². The minimum Gasteiger partial charge on any atom is -0.352 e. The number of nitrogens with zero attached hydrogens (tertiary/aromatic N) is 2. The SMILES string of the molecule is Cc1ccc(N(CC(=O)N(Cc2cccc(Br)c2)[C@@H](Cc2ccccc2)C(=O)NC(C)C)S(=O)(=O)c2ccc(Cl)cc2)cc1. The van der Waals surface area contributed by atoms with Crippen LogP contribution in [0.2, 0.25) is 5.02 Å². The summed E-state index contributed by atoms with van der Waals surface area (Å²) in [6.07, 6.45) is 0.244. The van der Waals surface area contributed by atoms with Crippen LogP contribution in [0.25, 0.3) is 0 Å². The van der Waals surface area contributed by atoms with Crippen LogP contribution >= 0.6 is 27.5 Å². The van der Waals surface area contributed by atoms with E-state index in [-0.39, 0.29) is 29.8 Å². The third kappa shape index (κ3) is 8.71. The lowest BCUT2D eigenvalue weighted by Gasteiger charge is -2.34. The van der Waals surface area contributed by atoms with Crippen LogP contribution in [-0.4, -0.2) is 43.8 Å². The quantitative estimate of drug-likeness (QED) is 0.177. The van der Waals surface area contributed by atoms with Gasteiger partial charge in [0.1, 0.15) is 12.6 Å². The molecule has 0 aliphatic rings. The summed E-state index contributed by atoms with van der Waals surface area (Å²) in [5.74, 6) is -0.849. The number of halogens is 2. The van der Waals surface area contributed by atoms with E-state index in [1.165, 1.54) is 29.2 Å². The first-order valence-electron chi connectivity index (χ1n) is 14.2. The van der Waals surface area contributed by atoms with E-state index in [2.05, 4.69) is 21.2 Å². The molecule has 0 spiro atoms. The molecule has 10 heteroatoms. The minimum absolute atomic E-state index is 0.00722. The number of benzene rings is 4. The lowest BCUT2D eigenvalue weighted by Crippen LogP contribution is -2.54. The van der Waals surface area contributed by atoms with E-state index in [9.17, 15) is 18.0 Å². The smallest absolute Gasteiger partial charge is 0.264 e. The number of aryl methyl sites for hydroxylation is 1. The fourth-order valence-electron chi connectivity index (χ4n) is 4.74. The zero-order chi connectivity index (χ0) is 31.9. The second-order valence-electron chi connectivity index (χ2n) is 10.8. The van der Waals surface area contributed by atoms with Crippen molar-refractivity contribution in [1.82, 2.24) is 10.2 Å². The average Bonchev–Trinajstić information content (AvgIpc) is 2.98. The van der Waals surface area contributed by atoms with Gasteiger partial charge >= 0.3 is 0 Å². The molecule has 0 unspecified atom stereocenters. The van der Waals surface area contributed by atoms with Crippen molar-refractivity contribution in [3.05, 3.63) is 129 Å². The van der Waals surface area contributed by atoms with E-state index in [0.717, 1.165) is 25.5 Å². The molecule has 0 radical (unpaired) electrons. The predicted molar refractivity (Wildman–Crippen MR) is 179 cm³/mol. The highest BCUT2D eigenvalue weighted by Gasteiger charge is 2.34. The van der Waals surface area contributed by atoms with Gasteiger partial charge in [0, 0.05) is 28.5 Å². The first kappa shape index (κ1) is 33.2. The highest BCUT2D eigenvalue weighted by molar-refractivity contribution is 9.10. The number of sulfonamides is 1. The van der Waals surface area contributed by atoms with E-state index >= 15 is 0 Å². The van der Waals surface area contributed by atoms with E-state index in [4.69, 9.17) is 11.6 Å². The summed E-state index contributed by atoms with van der Waals surface area (Å²) in [5, 5.41) is 3.35. The Kier molecular flexibility index (Phi) is 11.2. The lowest BCUT2D eigenvalue weighted by atomic mass is 10.0. The molecule has 1 atom stereocenters. The lowest BCUT2D eigenvalue weighted by molar-refractivity contribution is -0.140. The molecule has 0 aliphatic heterocycles. The van der Waals surface area contributed by atoms with Gasteiger partial charge in [0.25, 0.3) is 10.0 Å². The van der Waals surface area contributed by atoms with Crippen LogP contribution in [0.15, 0.2) is 112 Å². The second-order valence-corrected chi connectivity index (χ2v) is 14.0. The summed E-state index contributed by atoms with van der Waals surface area (Å²) < 4.78 is 30.0. The van der Waals surface area contributed by atoms with Crippen LogP contribution in [0.3, 0.4) is 0 Å². The number of rotatable bonds is 12. The molecule has 0 fully saturated rings. The summed E-state index contributed by atoms with van der Waals surface area (Å²) in [5.41, 5.74) is 2.92. The van der Waals surface area contributed by atoms with Gasteiger partial charge in [-0.3, -0.25) is 13.9 Å². The zero-order valence-corrected chi connectivity index (χ0v) is 27.9. The Morgan fingerprint density at radius 1 is 0.864 bits per heavy atom. The molecule has 7 nitrogen and oxygen atoms in total. The van der Waals surface area contributed by atoms with E-state index in [1.54, 1.807) is 24.3 Å². The number of hydrogen-bond acceptors (Lipinski definition) is 4. The number of carbonyl (C=O) groups excluding carboxylic acids is 2. The molecule has 0 heterocycles. The van der Waals surface area contributed by atoms with Crippen LogP contribution in [-0.2, 0) is 32.6 Å². The molecule has 0 aromatic heterocycles. The van der Waals surface area contributed by atoms with Crippen molar-refractivity contribution in [2.45, 2.75) is 50.7 Å². The molecule has 0 bridgehead atoms. The third-order valence-electron chi connectivity index (χ3n) is 6.95. The predicted octanol–water partition coefficient (Wildman–Crippen LogP) is 6.77. The summed E-state index contributed by atoms with van der Waals surface area (Å²) in [6.45, 7) is 5.17. The van der Waals surface area contributed by atoms with Crippen LogP contribution in [0.4, 0.5) is 5.69 Å². The Morgan fingerprint density at radius 3 is 2.11 bits per heavy atom. The molecular formula is C34H35BrClN3O4S. The molecule has 230 valence electrons. The molecule has 4 aromatic rings. The van der Waals surface area contributed by atoms with Crippen molar-refractivity contribution >= 4 is 55.1 Å². The number of amides is 2. The highest BCUT2D eigenvalue weighted by Crippen LogP contribution is 2.26. The second kappa shape index (κ2) is 14.9. The summed E-state index contributed by atoms with van der Waals surface area (Å²) in [4.78, 5) is 29.7. The molecule has 4 aromatic carbocycles. The molecule has 0 aliphatic carbocycles. The first-order valence-corrected chi connectivity index (χ1v) is 16.8. The monoisotopic (exact) mass is 695 g/mol. The Balaban J connectivity index is 1.80. The molecule has 44 heavy (non-hydrogen) atoms. The standard InChI is InChI=1S/C34H35BrClN3O4S/c1-24(2)37-34(41)32(21-26-8-5-4-6-9-26)38(22-27-10-7-11-28(35)20-27)33(40)23-39(30-16-12-25(3)13-17-30)44(42,43)31-18-14-29(36)15-19-31/h4-20,24,32H,21-23H2,1-3H3,(H,37,41)/t32-/m0/s1. The van der Waals surface area contributed by atoms with Crippen molar-refractivity contribution in [2.24, 2.45) is 0 Å². The van der Waals surface area contributed by atoms with Crippen molar-refractivity contribution in [1.29, 1.82) is 0 Å². The molecule has 4 rings (SSSR count). The average molecular weight is 697 g/mol. The topological polar surface area (TPSA) is 86.8 Å². The van der Waals surface area contributed by atoms with Gasteiger partial charge < -0.3 is 10.2 Å². The van der Waals surface area contributed by atoms with E-state index in [1.807, 2.05) is 75.4 Å². The fraction of sp³-hybridized carbons (Fsp3) is 0.235. The number of carbonyl (C=O) groups is 2. The Hall–Kier alpha value is -3.66. The van der Waals surface area contributed by atoms with Gasteiger partial charge in [-0.25, -0.2) is 8.42 Å². The van der Waals surface area contributed by atoms with Crippen LogP contribution in [0.1, 0.15) is 30.5 Å². The summed E-state index contributed by atoms with van der Waals surface area (Å²) in [6, 6.07) is 28.6. The molecule has 0 saturated heterocycles. The Bertz CT molecular complexity index is 1680. The number of nitrogens with one attached hydrogen (secondary N) is 1. The van der Waals surface area contributed by atoms with Gasteiger partial charge in [0.2, 0.25) is 11.8 Å². The van der Waals surface area contributed by atoms with Gasteiger partial charge in [-0.15, -0.1) is 0 Å². The van der Waals surface area contributed by atoms with E-state index < -0.39 is 28.5 Å². The van der Waals surface area contributed by atoms with Crippen molar-refractivity contribution < 1.29 is 18.0 Å². The van der Waals surface area contributed by atoms with Crippen molar-refractivity contribution in [3.8, 4) is 0 Å². The number of anilines is 1. The molecule has 1 N–H and O–H groups in total. The maximum atomic E-state index is 14.4. The maximum absolute atomic E-state index is 14.4. The third-order valence-corrected chi connectivity index (χ3v) is 9.48. The van der Waals surface area contributed by atoms with Crippen LogP contribution < -0.4 is 9.62 Å². The van der Waals surface area contributed by atoms with Gasteiger partial charge in [0.05, 0.1) is 10.6 Å². The number of hydrogen-bond donors (Lipinski definition) is 1. The first-order chi connectivity index (χ1) is 20.9. The summed E-state index contributed by atoms with van der Waals surface area (Å²) in [7, 11) is -4.20. The van der Waals surface area contributed by atoms with Crippen LogP contribution in [0.5, 0.6) is 0 Å². The highest BCUT2D eigenvalue weighted by atomic mass is 79.9. The van der Waals surface area contributed by atoms with Gasteiger partial charge in [0.15, 0.2) is 0 Å². The molecule has 2 amide bonds. The summed E-state index contributed by atoms with van der Waals surface area (Å²) >= 11 is 9.54. The zero-order valence-electron chi connectivity index (χ0n) is 24.8. The minimum atomic E-state index is -4.20. The largest absolute Gasteiger partial charge is 0.352 e. The normalized spacial score (nSPS) is 12.0. The Labute approximate surface area is 273 Å². The van der Waals surface area contributed by atoms with Gasteiger partial charge in [-0.1, -0.05) is 87.7 Å². The van der Waals surface area contributed by atoms with Gasteiger partial charge in [-0.2, -0.15) is 0 Å². The van der Waals surface area contributed by atoms with Gasteiger partial charge in [-0.05, 0) is 80.4 Å².